The first-order valence-corrected chi connectivity index (χ1v) is 8.20. The number of hydrogen-bond donors (Lipinski definition) is 0. The molecule has 124 valence electrons. The number of aromatic nitrogens is 4. The highest BCUT2D eigenvalue weighted by Crippen LogP contribution is 2.25. The number of para-hydroxylation sites is 1. The van der Waals surface area contributed by atoms with Crippen LogP contribution in [0.2, 0.25) is 0 Å². The molecule has 0 saturated carbocycles. The maximum absolute atomic E-state index is 5.70. The number of ether oxygens (including phenoxy) is 1. The van der Waals surface area contributed by atoms with E-state index in [2.05, 4.69) is 44.9 Å². The van der Waals surface area contributed by atoms with E-state index in [9.17, 15) is 0 Å². The minimum absolute atomic E-state index is 0.238. The molecule has 0 amide bonds. The van der Waals surface area contributed by atoms with Crippen LogP contribution in [0.15, 0.2) is 55.0 Å². The van der Waals surface area contributed by atoms with Gasteiger partial charge in [-0.2, -0.15) is 0 Å². The van der Waals surface area contributed by atoms with Crippen molar-refractivity contribution >= 4 is 0 Å². The molecule has 1 saturated heterocycles. The number of aryl methyl sites for hydroxylation is 1. The molecular formula is C18H21N5O. The number of benzene rings is 1. The Hall–Kier alpha value is -2.44. The Morgan fingerprint density at radius 3 is 2.83 bits per heavy atom. The monoisotopic (exact) mass is 323 g/mol. The van der Waals surface area contributed by atoms with Gasteiger partial charge in [0.15, 0.2) is 5.82 Å². The summed E-state index contributed by atoms with van der Waals surface area (Å²) in [6.45, 7) is 3.06. The van der Waals surface area contributed by atoms with Crippen molar-refractivity contribution in [3.05, 3.63) is 66.5 Å². The maximum Gasteiger partial charge on any atom is 0.165 e. The molecule has 3 heterocycles. The molecule has 0 spiro atoms. The summed E-state index contributed by atoms with van der Waals surface area (Å²) in [4.78, 5) is 6.88. The Balaban J connectivity index is 1.53. The normalized spacial score (nSPS) is 18.8. The number of morpholine rings is 1. The molecule has 1 aromatic carbocycles. The smallest absolute Gasteiger partial charge is 0.165 e. The minimum atomic E-state index is 0.238. The second-order valence-electron chi connectivity index (χ2n) is 6.05. The standard InChI is InChI=1S/C18H21N5O/c1-21-9-5-8-16(21)17-13-24-11-10-22(17)12-18-19-14-23(20-18)15-6-3-2-4-7-15/h2-9,14,17H,10-13H2,1H3. The van der Waals surface area contributed by atoms with Gasteiger partial charge in [0.05, 0.1) is 31.5 Å². The number of hydrogen-bond acceptors (Lipinski definition) is 4. The highest BCUT2D eigenvalue weighted by Gasteiger charge is 2.27. The average molecular weight is 323 g/mol. The first-order valence-electron chi connectivity index (χ1n) is 8.20. The van der Waals surface area contributed by atoms with Gasteiger partial charge in [0, 0.05) is 25.5 Å². The maximum atomic E-state index is 5.70. The van der Waals surface area contributed by atoms with Crippen LogP contribution < -0.4 is 0 Å². The third-order valence-corrected chi connectivity index (χ3v) is 4.47. The van der Waals surface area contributed by atoms with E-state index in [1.54, 1.807) is 6.33 Å². The Bertz CT molecular complexity index is 795. The Morgan fingerprint density at radius 2 is 2.04 bits per heavy atom. The van der Waals surface area contributed by atoms with Crippen molar-refractivity contribution in [2.75, 3.05) is 19.8 Å². The predicted octanol–water partition coefficient (Wildman–Crippen LogP) is 2.18. The van der Waals surface area contributed by atoms with Crippen molar-refractivity contribution in [1.29, 1.82) is 0 Å². The van der Waals surface area contributed by atoms with Gasteiger partial charge in [-0.15, -0.1) is 5.10 Å². The van der Waals surface area contributed by atoms with Crippen LogP contribution in [0, 0.1) is 0 Å². The summed E-state index contributed by atoms with van der Waals surface area (Å²) < 4.78 is 9.68. The van der Waals surface area contributed by atoms with Gasteiger partial charge in [-0.05, 0) is 24.3 Å². The van der Waals surface area contributed by atoms with E-state index in [0.29, 0.717) is 6.61 Å². The lowest BCUT2D eigenvalue weighted by Crippen LogP contribution is -2.40. The molecular weight excluding hydrogens is 302 g/mol. The SMILES string of the molecule is Cn1cccc1C1COCCN1Cc1ncn(-c2ccccc2)n1. The number of nitrogens with zero attached hydrogens (tertiary/aromatic N) is 5. The van der Waals surface area contributed by atoms with Gasteiger partial charge in [0.25, 0.3) is 0 Å². The van der Waals surface area contributed by atoms with E-state index in [4.69, 9.17) is 4.74 Å². The van der Waals surface area contributed by atoms with Crippen LogP contribution in [-0.2, 0) is 18.3 Å². The largest absolute Gasteiger partial charge is 0.378 e. The van der Waals surface area contributed by atoms with Crippen molar-refractivity contribution in [3.63, 3.8) is 0 Å². The third kappa shape index (κ3) is 2.98. The molecule has 1 aliphatic rings. The summed E-state index contributed by atoms with van der Waals surface area (Å²) in [5.74, 6) is 0.833. The lowest BCUT2D eigenvalue weighted by molar-refractivity contribution is -0.0163. The Morgan fingerprint density at radius 1 is 1.17 bits per heavy atom. The lowest BCUT2D eigenvalue weighted by atomic mass is 10.1. The summed E-state index contributed by atoms with van der Waals surface area (Å²) in [6, 6.07) is 14.5. The van der Waals surface area contributed by atoms with Crippen LogP contribution in [0.3, 0.4) is 0 Å². The van der Waals surface area contributed by atoms with Crippen LogP contribution in [0.25, 0.3) is 5.69 Å². The molecule has 1 unspecified atom stereocenters. The van der Waals surface area contributed by atoms with Gasteiger partial charge in [0.1, 0.15) is 6.33 Å². The van der Waals surface area contributed by atoms with Crippen molar-refractivity contribution in [2.45, 2.75) is 12.6 Å². The molecule has 0 radical (unpaired) electrons. The first-order chi connectivity index (χ1) is 11.8. The Kier molecular flexibility index (Phi) is 4.15. The van der Waals surface area contributed by atoms with E-state index in [1.165, 1.54) is 5.69 Å². The fourth-order valence-electron chi connectivity index (χ4n) is 3.18. The van der Waals surface area contributed by atoms with Crippen molar-refractivity contribution < 1.29 is 4.74 Å². The van der Waals surface area contributed by atoms with Crippen LogP contribution in [0.4, 0.5) is 0 Å². The molecule has 1 aliphatic heterocycles. The summed E-state index contributed by atoms with van der Waals surface area (Å²) in [7, 11) is 2.07. The lowest BCUT2D eigenvalue weighted by Gasteiger charge is -2.35. The second-order valence-corrected chi connectivity index (χ2v) is 6.05. The highest BCUT2D eigenvalue weighted by molar-refractivity contribution is 5.29. The molecule has 0 aliphatic carbocycles. The summed E-state index contributed by atoms with van der Waals surface area (Å²) in [5, 5.41) is 4.63. The molecule has 24 heavy (non-hydrogen) atoms. The number of rotatable bonds is 4. The second kappa shape index (κ2) is 6.59. The van der Waals surface area contributed by atoms with Crippen LogP contribution in [0.1, 0.15) is 17.6 Å². The molecule has 0 N–H and O–H groups in total. The third-order valence-electron chi connectivity index (χ3n) is 4.47. The molecule has 3 aromatic rings. The molecule has 4 rings (SSSR count). The van der Waals surface area contributed by atoms with E-state index in [1.807, 2.05) is 35.0 Å². The summed E-state index contributed by atoms with van der Waals surface area (Å²) in [6.07, 6.45) is 3.85. The molecule has 2 aromatic heterocycles. The Labute approximate surface area is 141 Å². The van der Waals surface area contributed by atoms with Gasteiger partial charge in [-0.1, -0.05) is 18.2 Å². The van der Waals surface area contributed by atoms with Crippen molar-refractivity contribution in [2.24, 2.45) is 7.05 Å². The van der Waals surface area contributed by atoms with Gasteiger partial charge >= 0.3 is 0 Å². The quantitative estimate of drug-likeness (QED) is 0.738. The van der Waals surface area contributed by atoms with E-state index < -0.39 is 0 Å². The molecule has 1 fully saturated rings. The van der Waals surface area contributed by atoms with Gasteiger partial charge in [-0.25, -0.2) is 9.67 Å². The minimum Gasteiger partial charge on any atom is -0.378 e. The van der Waals surface area contributed by atoms with E-state index in [0.717, 1.165) is 31.2 Å². The summed E-state index contributed by atoms with van der Waals surface area (Å²) >= 11 is 0. The highest BCUT2D eigenvalue weighted by atomic mass is 16.5. The van der Waals surface area contributed by atoms with Crippen molar-refractivity contribution in [1.82, 2.24) is 24.2 Å². The topological polar surface area (TPSA) is 48.1 Å². The van der Waals surface area contributed by atoms with E-state index in [-0.39, 0.29) is 6.04 Å². The van der Waals surface area contributed by atoms with Gasteiger partial charge in [-0.3, -0.25) is 4.90 Å². The van der Waals surface area contributed by atoms with Crippen LogP contribution in [-0.4, -0.2) is 44.0 Å². The zero-order chi connectivity index (χ0) is 16.4. The average Bonchev–Trinajstić information content (AvgIpc) is 3.25. The fourth-order valence-corrected chi connectivity index (χ4v) is 3.18. The van der Waals surface area contributed by atoms with Gasteiger partial charge in [0.2, 0.25) is 0 Å². The van der Waals surface area contributed by atoms with E-state index >= 15 is 0 Å². The zero-order valence-electron chi connectivity index (χ0n) is 13.7. The summed E-state index contributed by atoms with van der Waals surface area (Å²) in [5.41, 5.74) is 2.29. The first kappa shape index (κ1) is 15.1. The fraction of sp³-hybridized carbons (Fsp3) is 0.333. The van der Waals surface area contributed by atoms with Crippen LogP contribution in [0.5, 0.6) is 0 Å². The van der Waals surface area contributed by atoms with Crippen molar-refractivity contribution in [3.8, 4) is 5.69 Å². The molecule has 0 bridgehead atoms. The molecule has 6 heteroatoms. The zero-order valence-corrected chi connectivity index (χ0v) is 13.7. The molecule has 6 nitrogen and oxygen atoms in total. The van der Waals surface area contributed by atoms with Crippen LogP contribution >= 0.6 is 0 Å². The molecule has 1 atom stereocenters. The van der Waals surface area contributed by atoms with Gasteiger partial charge < -0.3 is 9.30 Å². The predicted molar refractivity (Wildman–Crippen MR) is 90.7 cm³/mol.